The highest BCUT2D eigenvalue weighted by Crippen LogP contribution is 2.38. The van der Waals surface area contributed by atoms with Crippen molar-refractivity contribution in [3.8, 4) is 0 Å². The van der Waals surface area contributed by atoms with Crippen LogP contribution in [0.5, 0.6) is 0 Å². The number of nitrogens with zero attached hydrogens (tertiary/aromatic N) is 3. The number of hydrogen-bond acceptors (Lipinski definition) is 5. The summed E-state index contributed by atoms with van der Waals surface area (Å²) in [6, 6.07) is 18.1. The van der Waals surface area contributed by atoms with Crippen LogP contribution in [0.15, 0.2) is 70.9 Å². The third kappa shape index (κ3) is 3.78. The lowest BCUT2D eigenvalue weighted by Gasteiger charge is -2.34. The van der Waals surface area contributed by atoms with Crippen LogP contribution in [0.1, 0.15) is 25.5 Å². The Kier molecular flexibility index (Phi) is 5.71. The van der Waals surface area contributed by atoms with Crippen LogP contribution in [0.2, 0.25) is 0 Å². The van der Waals surface area contributed by atoms with Gasteiger partial charge in [-0.15, -0.1) is 0 Å². The van der Waals surface area contributed by atoms with Crippen molar-refractivity contribution in [1.29, 1.82) is 0 Å². The second kappa shape index (κ2) is 8.01. The molecule has 1 aliphatic rings. The smallest absolute Gasteiger partial charge is 0.168 e. The van der Waals surface area contributed by atoms with Gasteiger partial charge in [-0.05, 0) is 49.9 Å². The number of benzene rings is 2. The van der Waals surface area contributed by atoms with Crippen LogP contribution in [0.3, 0.4) is 0 Å². The van der Waals surface area contributed by atoms with Gasteiger partial charge in [0, 0.05) is 36.7 Å². The van der Waals surface area contributed by atoms with Crippen molar-refractivity contribution in [3.05, 3.63) is 71.4 Å². The Morgan fingerprint density at radius 3 is 2.22 bits per heavy atom. The van der Waals surface area contributed by atoms with Crippen LogP contribution >= 0.6 is 11.8 Å². The first-order valence-corrected chi connectivity index (χ1v) is 10.1. The summed E-state index contributed by atoms with van der Waals surface area (Å²) < 4.78 is 0. The van der Waals surface area contributed by atoms with E-state index in [9.17, 15) is 4.79 Å². The average molecular weight is 380 g/mol. The van der Waals surface area contributed by atoms with E-state index >= 15 is 0 Å². The predicted molar refractivity (Wildman–Crippen MR) is 117 cm³/mol. The van der Waals surface area contributed by atoms with Crippen LogP contribution in [0, 0.1) is 0 Å². The molecule has 0 radical (unpaired) electrons. The lowest BCUT2D eigenvalue weighted by molar-refractivity contribution is -0.113. The molecule has 5 heteroatoms. The third-order valence-corrected chi connectivity index (χ3v) is 5.38. The van der Waals surface area contributed by atoms with E-state index in [0.29, 0.717) is 0 Å². The molecule has 0 N–H and O–H groups in total. The summed E-state index contributed by atoms with van der Waals surface area (Å²) in [6.45, 7) is 3.64. The first-order chi connectivity index (χ1) is 12.9. The highest BCUT2D eigenvalue weighted by atomic mass is 32.2. The first-order valence-electron chi connectivity index (χ1n) is 8.90. The summed E-state index contributed by atoms with van der Waals surface area (Å²) in [5.41, 5.74) is 4.86. The number of thioether (sulfide) groups is 1. The maximum atomic E-state index is 12.6. The zero-order valence-corrected chi connectivity index (χ0v) is 17.2. The van der Waals surface area contributed by atoms with Crippen molar-refractivity contribution < 1.29 is 4.79 Å². The lowest BCUT2D eigenvalue weighted by atomic mass is 9.93. The summed E-state index contributed by atoms with van der Waals surface area (Å²) >= 11 is 1.59. The molecule has 0 spiro atoms. The van der Waals surface area contributed by atoms with Crippen molar-refractivity contribution in [3.63, 3.8) is 0 Å². The number of rotatable bonds is 4. The highest BCUT2D eigenvalue weighted by Gasteiger charge is 2.32. The Labute approximate surface area is 165 Å². The van der Waals surface area contributed by atoms with E-state index in [0.717, 1.165) is 33.4 Å². The van der Waals surface area contributed by atoms with Crippen molar-refractivity contribution in [2.75, 3.05) is 30.2 Å². The molecular weight excluding hydrogens is 354 g/mol. The number of carbonyl (C=O) groups is 1. The minimum Gasteiger partial charge on any atom is -0.378 e. The average Bonchev–Trinajstić information content (AvgIpc) is 2.67. The molecule has 140 valence electrons. The Balaban J connectivity index is 2.11. The Morgan fingerprint density at radius 1 is 1.07 bits per heavy atom. The number of Topliss-reactive ketones (excluding diaryl/α,β-unsaturated/α-hetero) is 1. The van der Waals surface area contributed by atoms with E-state index in [-0.39, 0.29) is 11.8 Å². The van der Waals surface area contributed by atoms with Gasteiger partial charge in [-0.25, -0.2) is 4.99 Å². The molecule has 0 aromatic heterocycles. The topological polar surface area (TPSA) is 35.9 Å². The van der Waals surface area contributed by atoms with Crippen molar-refractivity contribution in [2.24, 2.45) is 4.99 Å². The quantitative estimate of drug-likeness (QED) is 0.757. The fourth-order valence-electron chi connectivity index (χ4n) is 3.36. The molecule has 1 atom stereocenters. The number of anilines is 2. The molecule has 0 fully saturated rings. The maximum absolute atomic E-state index is 12.6. The fraction of sp³-hybridized carbons (Fsp3) is 0.273. The Bertz CT molecular complexity index is 886. The molecular formula is C22H25N3OS. The van der Waals surface area contributed by atoms with Gasteiger partial charge in [-0.3, -0.25) is 9.69 Å². The van der Waals surface area contributed by atoms with Crippen LogP contribution < -0.4 is 9.80 Å². The zero-order valence-electron chi connectivity index (χ0n) is 16.4. The van der Waals surface area contributed by atoms with E-state index in [1.54, 1.807) is 18.7 Å². The largest absolute Gasteiger partial charge is 0.378 e. The SMILES string of the molecule is CSC1=N[C@@H](c2ccc(N(C)C)cc2)C(C(C)=O)=C(C)N1c1ccccc1. The van der Waals surface area contributed by atoms with Gasteiger partial charge in [0.05, 0.1) is 0 Å². The van der Waals surface area contributed by atoms with Gasteiger partial charge in [-0.1, -0.05) is 42.1 Å². The van der Waals surface area contributed by atoms with Gasteiger partial charge in [0.2, 0.25) is 0 Å². The van der Waals surface area contributed by atoms with Gasteiger partial charge in [-0.2, -0.15) is 0 Å². The molecule has 0 saturated carbocycles. The van der Waals surface area contributed by atoms with Crippen LogP contribution in [0.25, 0.3) is 0 Å². The van der Waals surface area contributed by atoms with E-state index < -0.39 is 0 Å². The number of ketones is 1. The molecule has 0 saturated heterocycles. The second-order valence-electron chi connectivity index (χ2n) is 6.73. The van der Waals surface area contributed by atoms with Crippen LogP contribution in [0.4, 0.5) is 11.4 Å². The molecule has 3 rings (SSSR count). The molecule has 4 nitrogen and oxygen atoms in total. The molecule has 1 aliphatic heterocycles. The number of amidine groups is 1. The first kappa shape index (κ1) is 19.2. The summed E-state index contributed by atoms with van der Waals surface area (Å²) in [6.07, 6.45) is 2.02. The Hall–Kier alpha value is -2.53. The molecule has 27 heavy (non-hydrogen) atoms. The molecule has 0 amide bonds. The van der Waals surface area contributed by atoms with Gasteiger partial charge in [0.15, 0.2) is 11.0 Å². The van der Waals surface area contributed by atoms with E-state index in [1.807, 2.05) is 57.6 Å². The maximum Gasteiger partial charge on any atom is 0.168 e. The number of carbonyl (C=O) groups excluding carboxylic acids is 1. The number of aliphatic imine (C=N–C) groups is 1. The summed E-state index contributed by atoms with van der Waals surface area (Å²) in [5, 5.41) is 0.894. The highest BCUT2D eigenvalue weighted by molar-refractivity contribution is 8.13. The lowest BCUT2D eigenvalue weighted by Crippen LogP contribution is -2.34. The summed E-state index contributed by atoms with van der Waals surface area (Å²) in [5.74, 6) is 0.0546. The van der Waals surface area contributed by atoms with Crippen molar-refractivity contribution >= 4 is 34.1 Å². The Morgan fingerprint density at radius 2 is 1.70 bits per heavy atom. The van der Waals surface area contributed by atoms with Gasteiger partial charge < -0.3 is 4.90 Å². The monoisotopic (exact) mass is 379 g/mol. The second-order valence-corrected chi connectivity index (χ2v) is 7.50. The molecule has 0 unspecified atom stereocenters. The van der Waals surface area contributed by atoms with E-state index in [4.69, 9.17) is 4.99 Å². The van der Waals surface area contributed by atoms with Gasteiger partial charge >= 0.3 is 0 Å². The number of allylic oxidation sites excluding steroid dienone is 1. The summed E-state index contributed by atoms with van der Waals surface area (Å²) in [4.78, 5) is 21.7. The molecule has 1 heterocycles. The predicted octanol–water partition coefficient (Wildman–Crippen LogP) is 4.90. The molecule has 2 aromatic rings. The van der Waals surface area contributed by atoms with Gasteiger partial charge in [0.1, 0.15) is 6.04 Å². The summed E-state index contributed by atoms with van der Waals surface area (Å²) in [7, 11) is 4.03. The van der Waals surface area contributed by atoms with Crippen molar-refractivity contribution in [2.45, 2.75) is 19.9 Å². The molecule has 0 aliphatic carbocycles. The minimum absolute atomic E-state index is 0.0546. The standard InChI is InChI=1S/C22H25N3OS/c1-15-20(16(2)26)21(17-11-13-18(14-12-17)24(3)4)23-22(27-5)25(15)19-9-7-6-8-10-19/h6-14,21H,1-5H3/t21-/m0/s1. The molecule has 2 aromatic carbocycles. The third-order valence-electron chi connectivity index (χ3n) is 4.73. The minimum atomic E-state index is -0.277. The zero-order chi connectivity index (χ0) is 19.6. The van der Waals surface area contributed by atoms with Crippen LogP contribution in [-0.2, 0) is 4.79 Å². The number of hydrogen-bond donors (Lipinski definition) is 0. The van der Waals surface area contributed by atoms with E-state index in [2.05, 4.69) is 34.1 Å². The van der Waals surface area contributed by atoms with Crippen LogP contribution in [-0.4, -0.2) is 31.3 Å². The molecule has 0 bridgehead atoms. The van der Waals surface area contributed by atoms with E-state index in [1.165, 1.54) is 0 Å². The number of para-hydroxylation sites is 1. The van der Waals surface area contributed by atoms with Gasteiger partial charge in [0.25, 0.3) is 0 Å². The van der Waals surface area contributed by atoms with Crippen molar-refractivity contribution in [1.82, 2.24) is 0 Å². The fourth-order valence-corrected chi connectivity index (χ4v) is 4.00. The normalized spacial score (nSPS) is 17.0.